The van der Waals surface area contributed by atoms with Crippen LogP contribution < -0.4 is 9.64 Å². The van der Waals surface area contributed by atoms with Crippen molar-refractivity contribution >= 4 is 22.9 Å². The van der Waals surface area contributed by atoms with Gasteiger partial charge in [-0.25, -0.2) is 4.98 Å². The Morgan fingerprint density at radius 3 is 2.55 bits per heavy atom. The zero-order valence-corrected chi connectivity index (χ0v) is 17.4. The Morgan fingerprint density at radius 1 is 1.03 bits per heavy atom. The predicted octanol–water partition coefficient (Wildman–Crippen LogP) is 4.38. The second kappa shape index (κ2) is 9.09. The minimum absolute atomic E-state index is 0.0850. The molecule has 0 N–H and O–H groups in total. The van der Waals surface area contributed by atoms with E-state index in [9.17, 15) is 4.79 Å². The van der Waals surface area contributed by atoms with Gasteiger partial charge in [-0.1, -0.05) is 17.7 Å². The molecule has 5 nitrogen and oxygen atoms in total. The molecule has 150 valence electrons. The van der Waals surface area contributed by atoms with E-state index in [-0.39, 0.29) is 5.91 Å². The molecule has 0 radical (unpaired) electrons. The van der Waals surface area contributed by atoms with E-state index in [4.69, 9.17) is 4.74 Å². The average Bonchev–Trinajstić information content (AvgIpc) is 3.16. The fourth-order valence-electron chi connectivity index (χ4n) is 3.48. The molecule has 1 saturated heterocycles. The van der Waals surface area contributed by atoms with Gasteiger partial charge in [-0.2, -0.15) is 0 Å². The highest BCUT2D eigenvalue weighted by atomic mass is 32.1. The number of carbonyl (C=O) groups is 1. The zero-order valence-electron chi connectivity index (χ0n) is 16.6. The van der Waals surface area contributed by atoms with Crippen molar-refractivity contribution in [2.45, 2.75) is 20.0 Å². The first kappa shape index (κ1) is 19.5. The van der Waals surface area contributed by atoms with E-state index in [1.54, 1.807) is 16.8 Å². The Labute approximate surface area is 175 Å². The number of benzene rings is 2. The number of amides is 1. The second-order valence-corrected chi connectivity index (χ2v) is 7.98. The highest BCUT2D eigenvalue weighted by Crippen LogP contribution is 2.19. The number of carbonyl (C=O) groups excluding carboxylic acids is 1. The summed E-state index contributed by atoms with van der Waals surface area (Å²) in [5.74, 6) is 0.831. The standard InChI is InChI=1S/C23H25N3O2S/c1-18-3-7-21(8-4-18)25-11-2-12-26(14-13-25)23(27)19-5-9-22(10-6-19)28-15-20-16-29-17-24-20/h3-10,16-17H,2,11-15H2,1H3. The van der Waals surface area contributed by atoms with Crippen LogP contribution in [-0.2, 0) is 6.61 Å². The first-order chi connectivity index (χ1) is 14.2. The highest BCUT2D eigenvalue weighted by molar-refractivity contribution is 7.07. The largest absolute Gasteiger partial charge is 0.487 e. The number of hydrogen-bond donors (Lipinski definition) is 0. The van der Waals surface area contributed by atoms with E-state index in [0.717, 1.165) is 44.0 Å². The molecular formula is C23H25N3O2S. The molecule has 4 rings (SSSR count). The van der Waals surface area contributed by atoms with Gasteiger partial charge in [0.1, 0.15) is 12.4 Å². The lowest BCUT2D eigenvalue weighted by atomic mass is 10.2. The lowest BCUT2D eigenvalue weighted by Gasteiger charge is -2.24. The van der Waals surface area contributed by atoms with Gasteiger partial charge in [0.15, 0.2) is 0 Å². The number of nitrogens with zero attached hydrogens (tertiary/aromatic N) is 3. The number of hydrogen-bond acceptors (Lipinski definition) is 5. The Kier molecular flexibility index (Phi) is 6.10. The predicted molar refractivity (Wildman–Crippen MR) is 117 cm³/mol. The van der Waals surface area contributed by atoms with Gasteiger partial charge in [0.05, 0.1) is 11.2 Å². The van der Waals surface area contributed by atoms with Crippen molar-refractivity contribution < 1.29 is 9.53 Å². The lowest BCUT2D eigenvalue weighted by molar-refractivity contribution is 0.0767. The van der Waals surface area contributed by atoms with Gasteiger partial charge >= 0.3 is 0 Å². The summed E-state index contributed by atoms with van der Waals surface area (Å²) in [5, 5.41) is 1.97. The van der Waals surface area contributed by atoms with Crippen LogP contribution in [-0.4, -0.2) is 42.0 Å². The van der Waals surface area contributed by atoms with Crippen LogP contribution in [0.25, 0.3) is 0 Å². The summed E-state index contributed by atoms with van der Waals surface area (Å²) in [7, 11) is 0. The third-order valence-corrected chi connectivity index (χ3v) is 5.79. The van der Waals surface area contributed by atoms with Crippen LogP contribution in [0.5, 0.6) is 5.75 Å². The molecule has 0 aliphatic carbocycles. The molecule has 1 aromatic heterocycles. The molecule has 1 fully saturated rings. The summed E-state index contributed by atoms with van der Waals surface area (Å²) < 4.78 is 5.73. The molecule has 0 atom stereocenters. The van der Waals surface area contributed by atoms with Gasteiger partial charge in [-0.3, -0.25) is 4.79 Å². The first-order valence-electron chi connectivity index (χ1n) is 9.90. The average molecular weight is 408 g/mol. The quantitative estimate of drug-likeness (QED) is 0.630. The number of aryl methyl sites for hydroxylation is 1. The van der Waals surface area contributed by atoms with Gasteiger partial charge in [-0.15, -0.1) is 11.3 Å². The highest BCUT2D eigenvalue weighted by Gasteiger charge is 2.20. The SMILES string of the molecule is Cc1ccc(N2CCCN(C(=O)c3ccc(OCc4cscn4)cc3)CC2)cc1. The van der Waals surface area contributed by atoms with Crippen LogP contribution in [0.2, 0.25) is 0 Å². The summed E-state index contributed by atoms with van der Waals surface area (Å²) in [6.45, 7) is 5.87. The third kappa shape index (κ3) is 4.95. The van der Waals surface area contributed by atoms with Crippen molar-refractivity contribution in [3.05, 3.63) is 76.2 Å². The van der Waals surface area contributed by atoms with Gasteiger partial charge in [-0.05, 0) is 49.7 Å². The fraction of sp³-hybridized carbons (Fsp3) is 0.304. The van der Waals surface area contributed by atoms with E-state index in [0.29, 0.717) is 12.2 Å². The van der Waals surface area contributed by atoms with Crippen LogP contribution in [0, 0.1) is 6.92 Å². The second-order valence-electron chi connectivity index (χ2n) is 7.26. The maximum absolute atomic E-state index is 13.0. The first-order valence-corrected chi connectivity index (χ1v) is 10.8. The molecule has 0 unspecified atom stereocenters. The maximum atomic E-state index is 13.0. The van der Waals surface area contributed by atoms with E-state index in [1.165, 1.54) is 11.3 Å². The van der Waals surface area contributed by atoms with Crippen LogP contribution >= 0.6 is 11.3 Å². The minimum Gasteiger partial charge on any atom is -0.487 e. The summed E-state index contributed by atoms with van der Waals surface area (Å²) in [5.41, 5.74) is 5.90. The molecular weight excluding hydrogens is 382 g/mol. The summed E-state index contributed by atoms with van der Waals surface area (Å²) in [4.78, 5) is 21.5. The van der Waals surface area contributed by atoms with Crippen molar-refractivity contribution in [3.8, 4) is 5.75 Å². The topological polar surface area (TPSA) is 45.7 Å². The molecule has 0 bridgehead atoms. The van der Waals surface area contributed by atoms with Crippen molar-refractivity contribution in [3.63, 3.8) is 0 Å². The van der Waals surface area contributed by atoms with Crippen molar-refractivity contribution in [2.75, 3.05) is 31.1 Å². The van der Waals surface area contributed by atoms with Crippen LogP contribution in [0.3, 0.4) is 0 Å². The van der Waals surface area contributed by atoms with Crippen molar-refractivity contribution in [1.29, 1.82) is 0 Å². The van der Waals surface area contributed by atoms with E-state index >= 15 is 0 Å². The Balaban J connectivity index is 1.34. The van der Waals surface area contributed by atoms with E-state index in [1.807, 2.05) is 34.5 Å². The Bertz CT molecular complexity index is 924. The van der Waals surface area contributed by atoms with Gasteiger partial charge in [0.2, 0.25) is 0 Å². The molecule has 1 aliphatic heterocycles. The van der Waals surface area contributed by atoms with Gasteiger partial charge < -0.3 is 14.5 Å². The molecule has 29 heavy (non-hydrogen) atoms. The number of ether oxygens (including phenoxy) is 1. The van der Waals surface area contributed by atoms with Gasteiger partial charge in [0, 0.05) is 42.8 Å². The molecule has 0 spiro atoms. The van der Waals surface area contributed by atoms with Crippen LogP contribution in [0.1, 0.15) is 28.0 Å². The van der Waals surface area contributed by atoms with Crippen LogP contribution in [0.4, 0.5) is 5.69 Å². The number of rotatable bonds is 5. The monoisotopic (exact) mass is 407 g/mol. The molecule has 3 aromatic rings. The maximum Gasteiger partial charge on any atom is 0.253 e. The van der Waals surface area contributed by atoms with Crippen molar-refractivity contribution in [2.24, 2.45) is 0 Å². The summed E-state index contributed by atoms with van der Waals surface area (Å²) in [6.07, 6.45) is 0.967. The molecule has 6 heteroatoms. The van der Waals surface area contributed by atoms with Crippen LogP contribution in [0.15, 0.2) is 59.4 Å². The van der Waals surface area contributed by atoms with E-state index < -0.39 is 0 Å². The molecule has 1 amide bonds. The molecule has 2 aromatic carbocycles. The Hall–Kier alpha value is -2.86. The number of thiazole rings is 1. The fourth-order valence-corrected chi connectivity index (χ4v) is 4.02. The third-order valence-electron chi connectivity index (χ3n) is 5.15. The van der Waals surface area contributed by atoms with Gasteiger partial charge in [0.25, 0.3) is 5.91 Å². The van der Waals surface area contributed by atoms with E-state index in [2.05, 4.69) is 41.1 Å². The molecule has 2 heterocycles. The summed E-state index contributed by atoms with van der Waals surface area (Å²) in [6, 6.07) is 16.0. The molecule has 1 aliphatic rings. The normalized spacial score (nSPS) is 14.5. The molecule has 0 saturated carbocycles. The number of anilines is 1. The summed E-state index contributed by atoms with van der Waals surface area (Å²) >= 11 is 1.55. The Morgan fingerprint density at radius 2 is 1.83 bits per heavy atom. The smallest absolute Gasteiger partial charge is 0.253 e. The number of aromatic nitrogens is 1. The minimum atomic E-state index is 0.0850. The zero-order chi connectivity index (χ0) is 20.1. The lowest BCUT2D eigenvalue weighted by Crippen LogP contribution is -2.35. The van der Waals surface area contributed by atoms with Crippen molar-refractivity contribution in [1.82, 2.24) is 9.88 Å².